The summed E-state index contributed by atoms with van der Waals surface area (Å²) >= 11 is 0. The maximum absolute atomic E-state index is 12.8. The molecule has 0 bridgehead atoms. The topological polar surface area (TPSA) is 50.4 Å². The molecular formula is C25H32O3. The summed E-state index contributed by atoms with van der Waals surface area (Å²) in [4.78, 5) is 12.8. The number of hydrogen-bond donors (Lipinski definition) is 1. The average molecular weight is 381 g/mol. The van der Waals surface area contributed by atoms with E-state index >= 15 is 0 Å². The lowest BCUT2D eigenvalue weighted by Gasteiger charge is -2.21. The fourth-order valence-electron chi connectivity index (χ4n) is 4.92. The van der Waals surface area contributed by atoms with Gasteiger partial charge < -0.3 is 9.52 Å². The Balaban J connectivity index is 1.42. The fourth-order valence-corrected chi connectivity index (χ4v) is 4.92. The van der Waals surface area contributed by atoms with E-state index in [0.29, 0.717) is 17.2 Å². The third kappa shape index (κ3) is 4.68. The van der Waals surface area contributed by atoms with Crippen LogP contribution in [0.4, 0.5) is 0 Å². The maximum atomic E-state index is 12.8. The van der Waals surface area contributed by atoms with Crippen LogP contribution in [0.3, 0.4) is 0 Å². The van der Waals surface area contributed by atoms with Crippen LogP contribution in [-0.2, 0) is 6.42 Å². The van der Waals surface area contributed by atoms with Gasteiger partial charge in [-0.3, -0.25) is 0 Å². The van der Waals surface area contributed by atoms with Crippen molar-refractivity contribution < 1.29 is 9.52 Å². The highest BCUT2D eigenvalue weighted by molar-refractivity contribution is 5.41. The van der Waals surface area contributed by atoms with Crippen molar-refractivity contribution in [3.05, 3.63) is 63.7 Å². The van der Waals surface area contributed by atoms with Crippen molar-refractivity contribution in [2.24, 2.45) is 11.8 Å². The molecule has 4 rings (SSSR count). The molecule has 2 saturated carbocycles. The number of aromatic hydroxyl groups is 1. The van der Waals surface area contributed by atoms with E-state index in [4.69, 9.17) is 4.42 Å². The normalized spacial score (nSPS) is 18.9. The molecular weight excluding hydrogens is 348 g/mol. The first-order valence-corrected chi connectivity index (χ1v) is 11.1. The van der Waals surface area contributed by atoms with Crippen molar-refractivity contribution in [3.8, 4) is 5.75 Å². The van der Waals surface area contributed by atoms with Crippen LogP contribution >= 0.6 is 0 Å². The summed E-state index contributed by atoms with van der Waals surface area (Å²) in [6, 6.07) is 11.7. The molecule has 1 unspecified atom stereocenters. The number of hydrogen-bond acceptors (Lipinski definition) is 3. The SMILES string of the molecule is O=c1oc(CCCCC2CCCCC2)cc(O)c1C(c1ccccc1)C1CC1. The molecule has 2 aliphatic carbocycles. The Labute approximate surface area is 167 Å². The van der Waals surface area contributed by atoms with Crippen molar-refractivity contribution in [1.29, 1.82) is 0 Å². The van der Waals surface area contributed by atoms with Crippen LogP contribution in [-0.4, -0.2) is 5.11 Å². The molecule has 2 aliphatic rings. The lowest BCUT2D eigenvalue weighted by molar-refractivity contribution is 0.327. The molecule has 1 atom stereocenters. The number of aryl methyl sites for hydroxylation is 1. The van der Waals surface area contributed by atoms with Crippen LogP contribution in [0.15, 0.2) is 45.6 Å². The summed E-state index contributed by atoms with van der Waals surface area (Å²) < 4.78 is 5.65. The molecule has 3 heteroatoms. The molecule has 1 heterocycles. The number of benzene rings is 1. The van der Waals surface area contributed by atoms with Gasteiger partial charge in [0.15, 0.2) is 0 Å². The molecule has 1 aromatic heterocycles. The van der Waals surface area contributed by atoms with Gasteiger partial charge in [0.2, 0.25) is 0 Å². The molecule has 1 N–H and O–H groups in total. The van der Waals surface area contributed by atoms with Crippen molar-refractivity contribution >= 4 is 0 Å². The second kappa shape index (κ2) is 8.98. The first-order chi connectivity index (χ1) is 13.7. The molecule has 2 aromatic rings. The zero-order valence-corrected chi connectivity index (χ0v) is 16.7. The summed E-state index contributed by atoms with van der Waals surface area (Å²) in [6.45, 7) is 0. The summed E-state index contributed by atoms with van der Waals surface area (Å²) in [5, 5.41) is 10.7. The Bertz CT molecular complexity index is 813. The van der Waals surface area contributed by atoms with Gasteiger partial charge in [-0.2, -0.15) is 0 Å². The molecule has 0 aliphatic heterocycles. The average Bonchev–Trinajstić information content (AvgIpc) is 3.54. The molecule has 0 saturated heterocycles. The quantitative estimate of drug-likeness (QED) is 0.556. The van der Waals surface area contributed by atoms with Crippen LogP contribution in [0.2, 0.25) is 0 Å². The van der Waals surface area contributed by atoms with E-state index in [0.717, 1.165) is 37.2 Å². The lowest BCUT2D eigenvalue weighted by Crippen LogP contribution is -2.16. The van der Waals surface area contributed by atoms with Crippen LogP contribution in [0.5, 0.6) is 5.75 Å². The lowest BCUT2D eigenvalue weighted by atomic mass is 9.85. The zero-order chi connectivity index (χ0) is 19.3. The molecule has 1 aromatic carbocycles. The van der Waals surface area contributed by atoms with Crippen molar-refractivity contribution in [2.45, 2.75) is 76.5 Å². The highest BCUT2D eigenvalue weighted by Crippen LogP contribution is 2.47. The third-order valence-corrected chi connectivity index (χ3v) is 6.59. The van der Waals surface area contributed by atoms with Gasteiger partial charge in [0, 0.05) is 18.4 Å². The first kappa shape index (κ1) is 19.3. The first-order valence-electron chi connectivity index (χ1n) is 11.1. The Morgan fingerprint density at radius 3 is 2.43 bits per heavy atom. The highest BCUT2D eigenvalue weighted by atomic mass is 16.4. The zero-order valence-electron chi connectivity index (χ0n) is 16.7. The van der Waals surface area contributed by atoms with Crippen molar-refractivity contribution in [1.82, 2.24) is 0 Å². The molecule has 150 valence electrons. The minimum absolute atomic E-state index is 0.0576. The second-order valence-electron chi connectivity index (χ2n) is 8.77. The second-order valence-corrected chi connectivity index (χ2v) is 8.77. The third-order valence-electron chi connectivity index (χ3n) is 6.59. The predicted octanol–water partition coefficient (Wildman–Crippen LogP) is 6.18. The highest BCUT2D eigenvalue weighted by Gasteiger charge is 2.37. The van der Waals surface area contributed by atoms with Crippen LogP contribution in [0.25, 0.3) is 0 Å². The van der Waals surface area contributed by atoms with E-state index in [1.54, 1.807) is 6.07 Å². The van der Waals surface area contributed by atoms with E-state index in [1.165, 1.54) is 44.9 Å². The van der Waals surface area contributed by atoms with Gasteiger partial charge >= 0.3 is 5.63 Å². The molecule has 0 spiro atoms. The van der Waals surface area contributed by atoms with E-state index in [-0.39, 0.29) is 17.3 Å². The molecule has 0 radical (unpaired) electrons. The smallest absolute Gasteiger partial charge is 0.343 e. The number of unbranched alkanes of at least 4 members (excludes halogenated alkanes) is 1. The van der Waals surface area contributed by atoms with E-state index in [9.17, 15) is 9.90 Å². The van der Waals surface area contributed by atoms with Gasteiger partial charge in [0.25, 0.3) is 0 Å². The predicted molar refractivity (Wildman–Crippen MR) is 112 cm³/mol. The maximum Gasteiger partial charge on any atom is 0.343 e. The van der Waals surface area contributed by atoms with Crippen LogP contribution in [0, 0.1) is 11.8 Å². The Morgan fingerprint density at radius 1 is 1.00 bits per heavy atom. The molecule has 0 amide bonds. The summed E-state index contributed by atoms with van der Waals surface area (Å²) in [5.41, 5.74) is 1.18. The standard InChI is InChI=1S/C25H32O3/c26-22-17-21(14-8-7-11-18-9-3-1-4-10-18)28-25(27)24(22)23(20-15-16-20)19-12-5-2-6-13-19/h2,5-6,12-13,17-18,20,23,26H,1,3-4,7-11,14-16H2. The Hall–Kier alpha value is -2.03. The fraction of sp³-hybridized carbons (Fsp3) is 0.560. The largest absolute Gasteiger partial charge is 0.507 e. The van der Waals surface area contributed by atoms with Gasteiger partial charge in [-0.25, -0.2) is 4.79 Å². The van der Waals surface area contributed by atoms with Crippen LogP contribution in [0.1, 0.15) is 87.0 Å². The van der Waals surface area contributed by atoms with Crippen molar-refractivity contribution in [2.75, 3.05) is 0 Å². The van der Waals surface area contributed by atoms with Gasteiger partial charge in [-0.15, -0.1) is 0 Å². The summed E-state index contributed by atoms with van der Waals surface area (Å²) in [7, 11) is 0. The minimum atomic E-state index is -0.358. The molecule has 3 nitrogen and oxygen atoms in total. The van der Waals surface area contributed by atoms with Crippen molar-refractivity contribution in [3.63, 3.8) is 0 Å². The molecule has 2 fully saturated rings. The monoisotopic (exact) mass is 380 g/mol. The summed E-state index contributed by atoms with van der Waals surface area (Å²) in [6.07, 6.45) is 13.3. The van der Waals surface area contributed by atoms with Crippen LogP contribution < -0.4 is 5.63 Å². The summed E-state index contributed by atoms with van der Waals surface area (Å²) in [5.74, 6) is 1.99. The van der Waals surface area contributed by atoms with E-state index < -0.39 is 0 Å². The van der Waals surface area contributed by atoms with E-state index in [1.807, 2.05) is 30.3 Å². The van der Waals surface area contributed by atoms with Gasteiger partial charge in [0.05, 0.1) is 5.56 Å². The Morgan fingerprint density at radius 2 is 1.75 bits per heavy atom. The molecule has 28 heavy (non-hydrogen) atoms. The number of rotatable bonds is 8. The van der Waals surface area contributed by atoms with Gasteiger partial charge in [0.1, 0.15) is 11.5 Å². The van der Waals surface area contributed by atoms with Gasteiger partial charge in [-0.05, 0) is 36.7 Å². The van der Waals surface area contributed by atoms with E-state index in [2.05, 4.69) is 0 Å². The van der Waals surface area contributed by atoms with Gasteiger partial charge in [-0.1, -0.05) is 75.3 Å². The Kier molecular flexibility index (Phi) is 6.19. The minimum Gasteiger partial charge on any atom is -0.507 e.